The molecule has 174 valence electrons. The molecule has 3 saturated heterocycles. The average Bonchev–Trinajstić information content (AvgIpc) is 3.33. The van der Waals surface area contributed by atoms with Crippen LogP contribution in [0.3, 0.4) is 0 Å². The van der Waals surface area contributed by atoms with E-state index in [9.17, 15) is 19.5 Å². The molecule has 3 fully saturated rings. The maximum Gasteiger partial charge on any atom is 0.244 e. The van der Waals surface area contributed by atoms with Gasteiger partial charge in [-0.1, -0.05) is 38.0 Å². The molecule has 0 radical (unpaired) electrons. The number of benzene rings is 1. The molecule has 2 unspecified atom stereocenters. The number of nitrogens with one attached hydrogen (secondary N) is 2. The van der Waals surface area contributed by atoms with Crippen molar-refractivity contribution < 1.29 is 19.5 Å². The van der Waals surface area contributed by atoms with Crippen molar-refractivity contribution >= 4 is 35.2 Å². The van der Waals surface area contributed by atoms with E-state index in [2.05, 4.69) is 24.5 Å². The number of hydrogen-bond acceptors (Lipinski definition) is 5. The van der Waals surface area contributed by atoms with E-state index in [1.54, 1.807) is 11.8 Å². The Kier molecular flexibility index (Phi) is 6.54. The minimum atomic E-state index is -0.657. The van der Waals surface area contributed by atoms with Gasteiger partial charge in [-0.3, -0.25) is 14.4 Å². The van der Waals surface area contributed by atoms with Gasteiger partial charge in [0.25, 0.3) is 0 Å². The SMILES string of the molecule is CCCCCNC(=O)C1N(CCO)C(=O)[C@@H]2[C@H](C(=O)Nc3ccccc3)[C@]3(C)CCC12S3. The summed E-state index contributed by atoms with van der Waals surface area (Å²) in [4.78, 5) is 41.9. The zero-order valence-electron chi connectivity index (χ0n) is 18.8. The van der Waals surface area contributed by atoms with Crippen molar-refractivity contribution in [1.82, 2.24) is 10.2 Å². The van der Waals surface area contributed by atoms with Crippen LogP contribution in [0.25, 0.3) is 0 Å². The first kappa shape index (κ1) is 23.1. The number of unbranched alkanes of at least 4 members (excludes halogenated alkanes) is 2. The minimum absolute atomic E-state index is 0.106. The summed E-state index contributed by atoms with van der Waals surface area (Å²) in [6.07, 6.45) is 4.49. The van der Waals surface area contributed by atoms with Crippen LogP contribution >= 0.6 is 11.8 Å². The number of rotatable bonds is 9. The summed E-state index contributed by atoms with van der Waals surface area (Å²) in [6.45, 7) is 4.63. The van der Waals surface area contributed by atoms with Crippen molar-refractivity contribution in [2.24, 2.45) is 11.8 Å². The molecular weight excluding hydrogens is 426 g/mol. The highest BCUT2D eigenvalue weighted by atomic mass is 32.2. The predicted octanol–water partition coefficient (Wildman–Crippen LogP) is 2.41. The van der Waals surface area contributed by atoms with Gasteiger partial charge in [0.1, 0.15) is 6.04 Å². The van der Waals surface area contributed by atoms with Gasteiger partial charge in [0.2, 0.25) is 17.7 Å². The number of aliphatic hydroxyl groups excluding tert-OH is 1. The second-order valence-electron chi connectivity index (χ2n) is 9.34. The van der Waals surface area contributed by atoms with Gasteiger partial charge < -0.3 is 20.6 Å². The van der Waals surface area contributed by atoms with E-state index >= 15 is 0 Å². The Morgan fingerprint density at radius 2 is 1.94 bits per heavy atom. The molecule has 5 atom stereocenters. The summed E-state index contributed by atoms with van der Waals surface area (Å²) in [5.74, 6) is -1.59. The lowest BCUT2D eigenvalue weighted by Crippen LogP contribution is -2.54. The smallest absolute Gasteiger partial charge is 0.244 e. The number of para-hydroxylation sites is 1. The van der Waals surface area contributed by atoms with Crippen LogP contribution in [-0.4, -0.2) is 63.0 Å². The Bertz CT molecular complexity index is 881. The van der Waals surface area contributed by atoms with Crippen molar-refractivity contribution in [3.05, 3.63) is 30.3 Å². The summed E-state index contributed by atoms with van der Waals surface area (Å²) >= 11 is 1.65. The van der Waals surface area contributed by atoms with Gasteiger partial charge in [0.15, 0.2) is 0 Å². The highest BCUT2D eigenvalue weighted by Crippen LogP contribution is 2.71. The molecule has 1 aromatic carbocycles. The molecule has 1 spiro atoms. The molecule has 3 amide bonds. The lowest BCUT2D eigenvalue weighted by molar-refractivity contribution is -0.140. The first-order valence-corrected chi connectivity index (χ1v) is 12.4. The van der Waals surface area contributed by atoms with Gasteiger partial charge in [-0.25, -0.2) is 0 Å². The number of thioether (sulfide) groups is 1. The largest absolute Gasteiger partial charge is 0.395 e. The van der Waals surface area contributed by atoms with Crippen molar-refractivity contribution in [2.75, 3.05) is 25.0 Å². The van der Waals surface area contributed by atoms with Crippen molar-refractivity contribution in [1.29, 1.82) is 0 Å². The molecule has 0 aliphatic carbocycles. The van der Waals surface area contributed by atoms with Crippen LogP contribution < -0.4 is 10.6 Å². The van der Waals surface area contributed by atoms with Crippen LogP contribution in [0.2, 0.25) is 0 Å². The highest BCUT2D eigenvalue weighted by molar-refractivity contribution is 8.02. The monoisotopic (exact) mass is 459 g/mol. The van der Waals surface area contributed by atoms with Crippen LogP contribution in [-0.2, 0) is 14.4 Å². The number of β-amino-alcohol motifs (C(OH)–C–C–N with tert-alkyl or cyclic N) is 1. The quantitative estimate of drug-likeness (QED) is 0.493. The molecule has 8 heteroatoms. The molecular formula is C24H33N3O4S. The lowest BCUT2D eigenvalue weighted by atomic mass is 9.66. The number of aliphatic hydroxyl groups is 1. The molecule has 2 bridgehead atoms. The number of likely N-dealkylation sites (tertiary alicyclic amines) is 1. The number of nitrogens with zero attached hydrogens (tertiary/aromatic N) is 1. The van der Waals surface area contributed by atoms with Crippen LogP contribution in [0.4, 0.5) is 5.69 Å². The van der Waals surface area contributed by atoms with E-state index in [4.69, 9.17) is 0 Å². The van der Waals surface area contributed by atoms with Gasteiger partial charge in [0, 0.05) is 23.5 Å². The van der Waals surface area contributed by atoms with Crippen LogP contribution in [0.5, 0.6) is 0 Å². The summed E-state index contributed by atoms with van der Waals surface area (Å²) in [5, 5.41) is 15.6. The van der Waals surface area contributed by atoms with Gasteiger partial charge >= 0.3 is 0 Å². The molecule has 4 rings (SSSR count). The van der Waals surface area contributed by atoms with Crippen LogP contribution in [0.1, 0.15) is 46.0 Å². The predicted molar refractivity (Wildman–Crippen MR) is 125 cm³/mol. The van der Waals surface area contributed by atoms with E-state index in [1.165, 1.54) is 4.90 Å². The third kappa shape index (κ3) is 3.71. The molecule has 0 aromatic heterocycles. The van der Waals surface area contributed by atoms with Gasteiger partial charge in [-0.15, -0.1) is 11.8 Å². The molecule has 7 nitrogen and oxygen atoms in total. The fourth-order valence-electron chi connectivity index (χ4n) is 5.90. The van der Waals surface area contributed by atoms with Crippen LogP contribution in [0, 0.1) is 11.8 Å². The summed E-state index contributed by atoms with van der Waals surface area (Å²) in [7, 11) is 0. The van der Waals surface area contributed by atoms with Gasteiger partial charge in [-0.2, -0.15) is 0 Å². The Morgan fingerprint density at radius 1 is 1.19 bits per heavy atom. The first-order valence-electron chi connectivity index (χ1n) is 11.6. The van der Waals surface area contributed by atoms with E-state index < -0.39 is 27.4 Å². The van der Waals surface area contributed by atoms with Crippen molar-refractivity contribution in [2.45, 2.75) is 61.5 Å². The zero-order valence-corrected chi connectivity index (χ0v) is 19.6. The molecule has 3 N–H and O–H groups in total. The lowest BCUT2D eigenvalue weighted by Gasteiger charge is -2.34. The summed E-state index contributed by atoms with van der Waals surface area (Å²) < 4.78 is -1.03. The average molecular weight is 460 g/mol. The van der Waals surface area contributed by atoms with Crippen molar-refractivity contribution in [3.63, 3.8) is 0 Å². The first-order chi connectivity index (χ1) is 15.4. The Labute approximate surface area is 193 Å². The number of carbonyl (C=O) groups is 3. The van der Waals surface area contributed by atoms with Gasteiger partial charge in [-0.05, 0) is 38.3 Å². The molecule has 3 aliphatic heterocycles. The Morgan fingerprint density at radius 3 is 2.62 bits per heavy atom. The second-order valence-corrected chi connectivity index (χ2v) is 11.2. The maximum atomic E-state index is 13.6. The van der Waals surface area contributed by atoms with Gasteiger partial charge in [0.05, 0.1) is 23.2 Å². The van der Waals surface area contributed by atoms with Crippen LogP contribution in [0.15, 0.2) is 30.3 Å². The van der Waals surface area contributed by atoms with E-state index in [-0.39, 0.29) is 30.9 Å². The number of carbonyl (C=O) groups excluding carboxylic acids is 3. The normalized spacial score (nSPS) is 32.8. The zero-order chi connectivity index (χ0) is 22.9. The van der Waals surface area contributed by atoms with Crippen molar-refractivity contribution in [3.8, 4) is 0 Å². The van der Waals surface area contributed by atoms with E-state index in [0.717, 1.165) is 25.7 Å². The standard InChI is InChI=1S/C24H33N3O4S/c1-3-4-8-13-25-21(30)19-24-12-11-23(2,32-24)17(18(24)22(31)27(19)14-15-28)20(29)26-16-9-6-5-7-10-16/h5-7,9-10,17-19,28H,3-4,8,11-15H2,1-2H3,(H,25,30)(H,26,29)/t17-,18+,19?,23+,24?/m1/s1. The molecule has 0 saturated carbocycles. The Balaban J connectivity index is 1.62. The third-order valence-electron chi connectivity index (χ3n) is 7.27. The highest BCUT2D eigenvalue weighted by Gasteiger charge is 2.76. The van der Waals surface area contributed by atoms with E-state index in [0.29, 0.717) is 18.7 Å². The maximum absolute atomic E-state index is 13.6. The number of hydrogen-bond donors (Lipinski definition) is 3. The molecule has 3 heterocycles. The topological polar surface area (TPSA) is 98.7 Å². The number of anilines is 1. The summed E-state index contributed by atoms with van der Waals surface area (Å²) in [6, 6.07) is 8.61. The fraction of sp³-hybridized carbons (Fsp3) is 0.625. The Hall–Kier alpha value is -2.06. The number of fused-ring (bicyclic) bond motifs is 1. The third-order valence-corrected chi connectivity index (χ3v) is 9.25. The molecule has 3 aliphatic rings. The second kappa shape index (κ2) is 9.06. The summed E-state index contributed by atoms with van der Waals surface area (Å²) in [5.41, 5.74) is 0.700. The molecule has 1 aromatic rings. The number of amides is 3. The molecule has 32 heavy (non-hydrogen) atoms. The van der Waals surface area contributed by atoms with E-state index in [1.807, 2.05) is 30.3 Å². The minimum Gasteiger partial charge on any atom is -0.395 e. The fourth-order valence-corrected chi connectivity index (χ4v) is 8.26.